The minimum absolute atomic E-state index is 0.00486. The molecule has 2 atom stereocenters. The van der Waals surface area contributed by atoms with Gasteiger partial charge in [0.15, 0.2) is 0 Å². The van der Waals surface area contributed by atoms with Gasteiger partial charge in [-0.3, -0.25) is 4.79 Å². The summed E-state index contributed by atoms with van der Waals surface area (Å²) < 4.78 is 120. The zero-order chi connectivity index (χ0) is 32.7. The van der Waals surface area contributed by atoms with Crippen molar-refractivity contribution >= 4 is 27.6 Å². The number of thioether (sulfide) groups is 1. The first kappa shape index (κ1) is 33.0. The zero-order valence-electron chi connectivity index (χ0n) is 23.8. The van der Waals surface area contributed by atoms with E-state index in [-0.39, 0.29) is 43.1 Å². The number of halogens is 6. The molecule has 1 N–H and O–H groups in total. The molecule has 45 heavy (non-hydrogen) atoms. The van der Waals surface area contributed by atoms with Crippen molar-refractivity contribution in [1.82, 2.24) is 0 Å². The Kier molecular flexibility index (Phi) is 9.11. The molecule has 0 spiro atoms. The van der Waals surface area contributed by atoms with Crippen molar-refractivity contribution in [3.63, 3.8) is 0 Å². The summed E-state index contributed by atoms with van der Waals surface area (Å²) in [6, 6.07) is 10.6. The normalized spacial score (nSPS) is 18.0. The Morgan fingerprint density at radius 2 is 1.67 bits per heavy atom. The van der Waals surface area contributed by atoms with Crippen LogP contribution in [0.5, 0.6) is 11.5 Å². The Balaban J connectivity index is 1.49. The van der Waals surface area contributed by atoms with Crippen molar-refractivity contribution in [2.45, 2.75) is 55.0 Å². The zero-order valence-corrected chi connectivity index (χ0v) is 25.4. The molecule has 0 amide bonds. The fourth-order valence-electron chi connectivity index (χ4n) is 5.79. The van der Waals surface area contributed by atoms with Gasteiger partial charge in [0.05, 0.1) is 29.9 Å². The van der Waals surface area contributed by atoms with E-state index < -0.39 is 56.7 Å². The van der Waals surface area contributed by atoms with Crippen LogP contribution in [-0.4, -0.2) is 43.9 Å². The molecule has 5 rings (SSSR count). The van der Waals surface area contributed by atoms with Crippen molar-refractivity contribution in [2.75, 3.05) is 24.4 Å². The van der Waals surface area contributed by atoms with Crippen molar-refractivity contribution < 1.29 is 54.1 Å². The van der Waals surface area contributed by atoms with Gasteiger partial charge in [0.2, 0.25) is 0 Å². The number of carbonyl (C=O) groups is 1. The van der Waals surface area contributed by atoms with Crippen LogP contribution in [0.3, 0.4) is 0 Å². The van der Waals surface area contributed by atoms with Gasteiger partial charge >= 0.3 is 18.3 Å². The van der Waals surface area contributed by atoms with Gasteiger partial charge in [-0.1, -0.05) is 24.3 Å². The lowest BCUT2D eigenvalue weighted by Gasteiger charge is -2.23. The summed E-state index contributed by atoms with van der Waals surface area (Å²) in [6.45, 7) is -0.387. The molecule has 1 aliphatic heterocycles. The lowest BCUT2D eigenvalue weighted by Crippen LogP contribution is -2.16. The molecule has 14 heteroatoms. The number of rotatable bonds is 10. The third-order valence-electron chi connectivity index (χ3n) is 7.70. The highest BCUT2D eigenvalue weighted by Crippen LogP contribution is 2.50. The van der Waals surface area contributed by atoms with E-state index in [9.17, 15) is 39.6 Å². The van der Waals surface area contributed by atoms with E-state index in [2.05, 4.69) is 0 Å². The molecular formula is C31H28F6O6S2. The van der Waals surface area contributed by atoms with E-state index in [0.717, 1.165) is 16.7 Å². The number of benzene rings is 3. The van der Waals surface area contributed by atoms with Gasteiger partial charge in [0.1, 0.15) is 27.4 Å². The van der Waals surface area contributed by atoms with Crippen LogP contribution in [0, 0.1) is 0 Å². The van der Waals surface area contributed by atoms with Gasteiger partial charge in [-0.25, -0.2) is 8.42 Å². The van der Waals surface area contributed by atoms with E-state index in [0.29, 0.717) is 41.2 Å². The van der Waals surface area contributed by atoms with Crippen LogP contribution in [0.1, 0.15) is 59.1 Å². The van der Waals surface area contributed by atoms with Crippen LogP contribution in [-0.2, 0) is 33.4 Å². The maximum Gasteiger partial charge on any atom is 0.417 e. The van der Waals surface area contributed by atoms with Crippen molar-refractivity contribution in [2.24, 2.45) is 0 Å². The Labute approximate surface area is 259 Å². The lowest BCUT2D eigenvalue weighted by molar-refractivity contribution is -0.142. The number of aliphatic carboxylic acids is 1. The van der Waals surface area contributed by atoms with Crippen LogP contribution in [0.25, 0.3) is 11.1 Å². The maximum atomic E-state index is 14.4. The number of carboxylic acids is 1. The van der Waals surface area contributed by atoms with E-state index in [1.54, 1.807) is 24.3 Å². The molecule has 1 heterocycles. The third kappa shape index (κ3) is 7.54. The molecule has 3 aromatic carbocycles. The van der Waals surface area contributed by atoms with Crippen molar-refractivity contribution in [1.29, 1.82) is 0 Å². The highest BCUT2D eigenvalue weighted by molar-refractivity contribution is 7.99. The van der Waals surface area contributed by atoms with Crippen LogP contribution >= 0.6 is 11.8 Å². The topological polar surface area (TPSA) is 89.9 Å². The molecule has 2 aliphatic rings. The summed E-state index contributed by atoms with van der Waals surface area (Å²) in [4.78, 5) is 12.0. The highest BCUT2D eigenvalue weighted by atomic mass is 32.2. The van der Waals surface area contributed by atoms with Gasteiger partial charge in [-0.2, -0.15) is 26.3 Å². The molecule has 2 unspecified atom stereocenters. The van der Waals surface area contributed by atoms with Crippen molar-refractivity contribution in [3.05, 3.63) is 76.3 Å². The monoisotopic (exact) mass is 674 g/mol. The van der Waals surface area contributed by atoms with E-state index in [4.69, 9.17) is 14.6 Å². The van der Waals surface area contributed by atoms with Gasteiger partial charge in [0.25, 0.3) is 0 Å². The second kappa shape index (κ2) is 12.4. The summed E-state index contributed by atoms with van der Waals surface area (Å²) in [5.74, 6) is -0.972. The fraction of sp³-hybridized carbons (Fsp3) is 0.387. The quantitative estimate of drug-likeness (QED) is 0.173. The third-order valence-corrected chi connectivity index (χ3v) is 9.96. The highest BCUT2D eigenvalue weighted by Gasteiger charge is 2.43. The molecule has 0 saturated carbocycles. The van der Waals surface area contributed by atoms with Crippen LogP contribution in [0.2, 0.25) is 0 Å². The standard InChI is InChI=1S/C31H28F6O6S2/c1-45(40,41)11-3-10-42-19-13-24(30(32,33)34)29(25(14-19)31(35,36)37)23-5-2-4-22-21(23)8-9-26(22)43-18-6-7-20-17(12-28(38)39)16-44-27(20)15-18/h2,4-7,13-15,17,26H,3,8-12,16H2,1H3,(H,38,39). The molecule has 0 aromatic heterocycles. The van der Waals surface area contributed by atoms with E-state index in [1.165, 1.54) is 23.9 Å². The molecule has 0 saturated heterocycles. The number of hydrogen-bond donors (Lipinski definition) is 1. The predicted molar refractivity (Wildman–Crippen MR) is 156 cm³/mol. The summed E-state index contributed by atoms with van der Waals surface area (Å²) in [5.41, 5.74) is -2.55. The average molecular weight is 675 g/mol. The van der Waals surface area contributed by atoms with E-state index >= 15 is 0 Å². The molecule has 0 fully saturated rings. The van der Waals surface area contributed by atoms with Gasteiger partial charge < -0.3 is 14.6 Å². The van der Waals surface area contributed by atoms with Gasteiger partial charge in [-0.05, 0) is 65.8 Å². The Morgan fingerprint density at radius 1 is 0.978 bits per heavy atom. The molecule has 1 aliphatic carbocycles. The predicted octanol–water partition coefficient (Wildman–Crippen LogP) is 7.94. The molecule has 3 aromatic rings. The van der Waals surface area contributed by atoms with Gasteiger partial charge in [-0.15, -0.1) is 11.8 Å². The van der Waals surface area contributed by atoms with Crippen LogP contribution < -0.4 is 9.47 Å². The Hall–Kier alpha value is -3.39. The molecule has 0 bridgehead atoms. The number of ether oxygens (including phenoxy) is 2. The summed E-state index contributed by atoms with van der Waals surface area (Å²) >= 11 is 1.50. The summed E-state index contributed by atoms with van der Waals surface area (Å²) in [7, 11) is -3.39. The lowest BCUT2D eigenvalue weighted by atomic mass is 9.88. The maximum absolute atomic E-state index is 14.4. The second-order valence-electron chi connectivity index (χ2n) is 11.0. The Morgan fingerprint density at radius 3 is 2.29 bits per heavy atom. The number of sulfone groups is 1. The smallest absolute Gasteiger partial charge is 0.417 e. The number of fused-ring (bicyclic) bond motifs is 2. The van der Waals surface area contributed by atoms with Crippen LogP contribution in [0.15, 0.2) is 53.4 Å². The first-order valence-corrected chi connectivity index (χ1v) is 17.0. The second-order valence-corrected chi connectivity index (χ2v) is 14.4. The van der Waals surface area contributed by atoms with Crippen molar-refractivity contribution in [3.8, 4) is 22.6 Å². The molecule has 0 radical (unpaired) electrons. The minimum atomic E-state index is -5.17. The molecule has 6 nitrogen and oxygen atoms in total. The van der Waals surface area contributed by atoms with Gasteiger partial charge in [0, 0.05) is 28.4 Å². The average Bonchev–Trinajstić information content (AvgIpc) is 3.52. The first-order chi connectivity index (χ1) is 21.0. The first-order valence-electron chi connectivity index (χ1n) is 13.9. The number of carboxylic acid groups (broad SMARTS) is 1. The molecule has 242 valence electrons. The Bertz CT molecular complexity index is 1680. The number of alkyl halides is 6. The minimum Gasteiger partial charge on any atom is -0.494 e. The summed E-state index contributed by atoms with van der Waals surface area (Å²) in [6.07, 6.45) is -9.61. The summed E-state index contributed by atoms with van der Waals surface area (Å²) in [5, 5.41) is 9.16. The largest absolute Gasteiger partial charge is 0.494 e. The fourth-order valence-corrected chi connectivity index (χ4v) is 7.72. The SMILES string of the molecule is CS(=O)(=O)CCCOc1cc(C(F)(F)F)c(-c2cccc3c2CCC3Oc2ccc3c(c2)SCC3CC(=O)O)c(C(F)(F)F)c1. The van der Waals surface area contributed by atoms with E-state index in [1.807, 2.05) is 0 Å². The number of hydrogen-bond acceptors (Lipinski definition) is 6. The van der Waals surface area contributed by atoms with Crippen LogP contribution in [0.4, 0.5) is 26.3 Å². The molecular weight excluding hydrogens is 646 g/mol.